The molecular formula is C12H15NOS2. The van der Waals surface area contributed by atoms with Crippen molar-refractivity contribution in [2.75, 3.05) is 6.26 Å². The smallest absolute Gasteiger partial charge is 0.111 e. The molecule has 1 aliphatic rings. The van der Waals surface area contributed by atoms with Gasteiger partial charge in [0.2, 0.25) is 0 Å². The third-order valence-electron chi connectivity index (χ3n) is 2.51. The molecule has 2 rings (SSSR count). The lowest BCUT2D eigenvalue weighted by molar-refractivity contribution is 0.570. The van der Waals surface area contributed by atoms with E-state index in [1.807, 2.05) is 44.2 Å². The molecule has 0 radical (unpaired) electrons. The average Bonchev–Trinajstić information content (AvgIpc) is 2.56. The molecule has 0 saturated heterocycles. The fourth-order valence-corrected chi connectivity index (χ4v) is 4.56. The van der Waals surface area contributed by atoms with Crippen LogP contribution in [0, 0.1) is 0 Å². The Kier molecular flexibility index (Phi) is 3.22. The van der Waals surface area contributed by atoms with Crippen LogP contribution in [0.5, 0.6) is 0 Å². The molecule has 0 N–H and O–H groups in total. The van der Waals surface area contributed by atoms with Gasteiger partial charge in [-0.15, -0.1) is 0 Å². The molecule has 16 heavy (non-hydrogen) atoms. The Morgan fingerprint density at radius 2 is 1.94 bits per heavy atom. The molecule has 2 unspecified atom stereocenters. The van der Waals surface area contributed by atoms with Crippen LogP contribution < -0.4 is 0 Å². The maximum Gasteiger partial charge on any atom is 0.111 e. The second-order valence-electron chi connectivity index (χ2n) is 4.39. The van der Waals surface area contributed by atoms with E-state index in [0.717, 1.165) is 10.6 Å². The lowest BCUT2D eigenvalue weighted by Gasteiger charge is -2.20. The predicted molar refractivity (Wildman–Crippen MR) is 72.5 cm³/mol. The normalized spacial score (nSPS) is 25.2. The Morgan fingerprint density at radius 3 is 2.44 bits per heavy atom. The van der Waals surface area contributed by atoms with Gasteiger partial charge in [0.25, 0.3) is 0 Å². The van der Waals surface area contributed by atoms with Crippen molar-refractivity contribution in [2.24, 2.45) is 4.99 Å². The monoisotopic (exact) mass is 253 g/mol. The van der Waals surface area contributed by atoms with Crippen LogP contribution in [0.2, 0.25) is 0 Å². The van der Waals surface area contributed by atoms with Gasteiger partial charge < -0.3 is 0 Å². The fraction of sp³-hybridized carbons (Fsp3) is 0.417. The van der Waals surface area contributed by atoms with E-state index in [-0.39, 0.29) is 10.1 Å². The number of benzene rings is 1. The zero-order valence-corrected chi connectivity index (χ0v) is 11.3. The Labute approximate surface area is 103 Å². The van der Waals surface area contributed by atoms with E-state index in [1.165, 1.54) is 0 Å². The number of nitrogens with zero attached hydrogens (tertiary/aromatic N) is 1. The molecule has 4 heteroatoms. The summed E-state index contributed by atoms with van der Waals surface area (Å²) in [5.41, 5.74) is 0.878. The molecule has 2 nitrogen and oxygen atoms in total. The number of hydrogen-bond donors (Lipinski definition) is 0. The molecular weight excluding hydrogens is 238 g/mol. The molecule has 1 aliphatic heterocycles. The summed E-state index contributed by atoms with van der Waals surface area (Å²) in [5.74, 6) is 0. The molecule has 0 aliphatic carbocycles. The highest BCUT2D eigenvalue weighted by atomic mass is 32.2. The Morgan fingerprint density at radius 1 is 1.31 bits per heavy atom. The summed E-state index contributed by atoms with van der Waals surface area (Å²) in [6, 6.07) is 10.1. The Bertz CT molecular complexity index is 440. The summed E-state index contributed by atoms with van der Waals surface area (Å²) in [6.45, 7) is 4.09. The van der Waals surface area contributed by atoms with Crippen molar-refractivity contribution in [1.82, 2.24) is 0 Å². The highest BCUT2D eigenvalue weighted by molar-refractivity contribution is 8.22. The van der Waals surface area contributed by atoms with Gasteiger partial charge in [-0.25, -0.2) is 0 Å². The fourth-order valence-electron chi connectivity index (χ4n) is 1.77. The zero-order chi connectivity index (χ0) is 11.8. The van der Waals surface area contributed by atoms with Gasteiger partial charge >= 0.3 is 0 Å². The van der Waals surface area contributed by atoms with Crippen molar-refractivity contribution < 1.29 is 4.21 Å². The highest BCUT2D eigenvalue weighted by Gasteiger charge is 2.39. The quantitative estimate of drug-likeness (QED) is 0.811. The van der Waals surface area contributed by atoms with Crippen molar-refractivity contribution >= 4 is 27.6 Å². The first-order valence-electron chi connectivity index (χ1n) is 5.15. The van der Waals surface area contributed by atoms with Crippen LogP contribution in [0.4, 0.5) is 0 Å². The van der Waals surface area contributed by atoms with Gasteiger partial charge in [0, 0.05) is 22.6 Å². The average molecular weight is 253 g/mol. The molecule has 86 valence electrons. The molecule has 1 aromatic carbocycles. The van der Waals surface area contributed by atoms with Crippen LogP contribution in [0.25, 0.3) is 0 Å². The minimum atomic E-state index is -0.856. The number of hydrogen-bond acceptors (Lipinski definition) is 3. The molecule has 0 bridgehead atoms. The van der Waals surface area contributed by atoms with Crippen LogP contribution in [0.15, 0.2) is 35.3 Å². The third-order valence-corrected chi connectivity index (χ3v) is 6.13. The van der Waals surface area contributed by atoms with Crippen molar-refractivity contribution in [1.29, 1.82) is 0 Å². The Balaban J connectivity index is 2.31. The lowest BCUT2D eigenvalue weighted by Crippen LogP contribution is -2.31. The highest BCUT2D eigenvalue weighted by Crippen LogP contribution is 2.39. The van der Waals surface area contributed by atoms with Crippen molar-refractivity contribution in [3.8, 4) is 0 Å². The molecule has 0 saturated carbocycles. The number of aliphatic imine (C=N–C) groups is 1. The van der Waals surface area contributed by atoms with Crippen molar-refractivity contribution in [2.45, 2.75) is 24.0 Å². The second-order valence-corrected chi connectivity index (χ2v) is 7.25. The molecule has 1 aromatic rings. The van der Waals surface area contributed by atoms with Gasteiger partial charge in [-0.1, -0.05) is 42.1 Å². The topological polar surface area (TPSA) is 29.4 Å². The maximum atomic E-state index is 11.7. The molecule has 1 heterocycles. The van der Waals surface area contributed by atoms with Gasteiger partial charge in [0.1, 0.15) is 4.58 Å². The summed E-state index contributed by atoms with van der Waals surface area (Å²) < 4.78 is 11.7. The summed E-state index contributed by atoms with van der Waals surface area (Å²) in [6.07, 6.45) is 1.75. The van der Waals surface area contributed by atoms with E-state index in [2.05, 4.69) is 4.99 Å². The second kappa shape index (κ2) is 4.34. The van der Waals surface area contributed by atoms with Crippen LogP contribution in [-0.2, 0) is 10.8 Å². The van der Waals surface area contributed by atoms with Gasteiger partial charge in [-0.05, 0) is 13.8 Å². The van der Waals surface area contributed by atoms with Gasteiger partial charge in [-0.2, -0.15) is 0 Å². The minimum absolute atomic E-state index is 0.0581. The van der Waals surface area contributed by atoms with Crippen molar-refractivity contribution in [3.05, 3.63) is 35.9 Å². The molecule has 0 fully saturated rings. The molecule has 0 aromatic heterocycles. The summed E-state index contributed by atoms with van der Waals surface area (Å²) in [7, 11) is -0.856. The van der Waals surface area contributed by atoms with Gasteiger partial charge in [0.05, 0.1) is 10.6 Å². The van der Waals surface area contributed by atoms with Crippen LogP contribution in [-0.4, -0.2) is 25.6 Å². The van der Waals surface area contributed by atoms with E-state index in [0.29, 0.717) is 0 Å². The largest absolute Gasteiger partial charge is 0.270 e. The Hall–Kier alpha value is -0.610. The summed E-state index contributed by atoms with van der Waals surface area (Å²) >= 11 is 1.63. The van der Waals surface area contributed by atoms with E-state index in [1.54, 1.807) is 18.0 Å². The zero-order valence-electron chi connectivity index (χ0n) is 9.64. The minimum Gasteiger partial charge on any atom is -0.270 e. The summed E-state index contributed by atoms with van der Waals surface area (Å²) in [5, 5.41) is 1.01. The first kappa shape index (κ1) is 11.9. The number of thioether (sulfide) groups is 1. The van der Waals surface area contributed by atoms with Crippen molar-refractivity contribution in [3.63, 3.8) is 0 Å². The summed E-state index contributed by atoms with van der Waals surface area (Å²) in [4.78, 5) is 4.68. The standard InChI is InChI=1S/C12H15NOS2/c1-12(2)11(16(3)14)15-10(13-12)9-7-5-4-6-8-9/h4-8,11H,1-3H3. The van der Waals surface area contributed by atoms with Gasteiger partial charge in [-0.3, -0.25) is 9.20 Å². The van der Waals surface area contributed by atoms with Crippen LogP contribution in [0.1, 0.15) is 19.4 Å². The molecule has 2 atom stereocenters. The first-order chi connectivity index (χ1) is 7.50. The lowest BCUT2D eigenvalue weighted by atomic mass is 10.1. The van der Waals surface area contributed by atoms with Crippen LogP contribution >= 0.6 is 11.8 Å². The van der Waals surface area contributed by atoms with E-state index in [4.69, 9.17) is 0 Å². The predicted octanol–water partition coefficient (Wildman–Crippen LogP) is 2.66. The SMILES string of the molecule is CS(=O)C1SC(c2ccccc2)=NC1(C)C. The first-order valence-corrected chi connectivity index (χ1v) is 7.65. The van der Waals surface area contributed by atoms with E-state index >= 15 is 0 Å². The van der Waals surface area contributed by atoms with E-state index in [9.17, 15) is 4.21 Å². The molecule has 0 spiro atoms. The van der Waals surface area contributed by atoms with E-state index < -0.39 is 10.8 Å². The van der Waals surface area contributed by atoms with Gasteiger partial charge in [0.15, 0.2) is 0 Å². The maximum absolute atomic E-state index is 11.7. The van der Waals surface area contributed by atoms with Crippen LogP contribution in [0.3, 0.4) is 0 Å². The number of rotatable bonds is 2. The molecule has 0 amide bonds. The third kappa shape index (κ3) is 2.23.